The molecule has 1 amide bonds. The molecule has 0 aromatic heterocycles. The van der Waals surface area contributed by atoms with Crippen molar-refractivity contribution in [3.8, 4) is 11.8 Å². The number of amides is 1. The molecule has 146 valence electrons. The third-order valence-corrected chi connectivity index (χ3v) is 4.93. The highest BCUT2D eigenvalue weighted by molar-refractivity contribution is 9.10. The second-order valence-corrected chi connectivity index (χ2v) is 7.40. The average molecular weight is 441 g/mol. The van der Waals surface area contributed by atoms with E-state index in [0.29, 0.717) is 6.54 Å². The summed E-state index contributed by atoms with van der Waals surface area (Å²) in [4.78, 5) is 12.3. The predicted octanol–water partition coefficient (Wildman–Crippen LogP) is 5.28. The van der Waals surface area contributed by atoms with Crippen molar-refractivity contribution in [2.45, 2.75) is 39.2 Å². The minimum Gasteiger partial charge on any atom is -0.490 e. The number of hydrogen-bond donors (Lipinski definition) is 1. The van der Waals surface area contributed by atoms with Gasteiger partial charge >= 0.3 is 0 Å². The molecule has 0 heterocycles. The Morgan fingerprint density at radius 1 is 1.29 bits per heavy atom. The summed E-state index contributed by atoms with van der Waals surface area (Å²) in [6.07, 6.45) is 4.33. The molecule has 0 saturated carbocycles. The number of benzene rings is 2. The SMILES string of the molecule is CC[C@H](C)Oc1ccc(/C=C(/C#N)C(=O)NCCCc2ccccc2)cc1Br. The summed E-state index contributed by atoms with van der Waals surface area (Å²) in [6, 6.07) is 17.6. The van der Waals surface area contributed by atoms with E-state index in [0.717, 1.165) is 35.0 Å². The molecule has 0 fully saturated rings. The van der Waals surface area contributed by atoms with Crippen LogP contribution in [0.15, 0.2) is 58.6 Å². The van der Waals surface area contributed by atoms with Gasteiger partial charge in [0.25, 0.3) is 5.91 Å². The third-order valence-electron chi connectivity index (χ3n) is 4.31. The maximum Gasteiger partial charge on any atom is 0.261 e. The highest BCUT2D eigenvalue weighted by atomic mass is 79.9. The molecule has 2 rings (SSSR count). The van der Waals surface area contributed by atoms with E-state index >= 15 is 0 Å². The van der Waals surface area contributed by atoms with Crippen LogP contribution in [0, 0.1) is 11.3 Å². The zero-order valence-corrected chi connectivity index (χ0v) is 17.8. The van der Waals surface area contributed by atoms with E-state index in [4.69, 9.17) is 4.74 Å². The van der Waals surface area contributed by atoms with E-state index in [-0.39, 0.29) is 17.6 Å². The Kier molecular flexibility index (Phi) is 8.77. The maximum atomic E-state index is 12.3. The van der Waals surface area contributed by atoms with E-state index in [9.17, 15) is 10.1 Å². The molecule has 0 aliphatic rings. The van der Waals surface area contributed by atoms with Crippen LogP contribution < -0.4 is 10.1 Å². The van der Waals surface area contributed by atoms with Crippen molar-refractivity contribution < 1.29 is 9.53 Å². The first kappa shape index (κ1) is 21.7. The van der Waals surface area contributed by atoms with Gasteiger partial charge in [0.1, 0.15) is 17.4 Å². The van der Waals surface area contributed by atoms with Gasteiger partial charge in [-0.1, -0.05) is 43.3 Å². The first-order valence-electron chi connectivity index (χ1n) is 9.43. The molecule has 0 radical (unpaired) electrons. The number of carbonyl (C=O) groups excluding carboxylic acids is 1. The Morgan fingerprint density at radius 3 is 2.68 bits per heavy atom. The summed E-state index contributed by atoms with van der Waals surface area (Å²) in [6.45, 7) is 4.60. The molecule has 28 heavy (non-hydrogen) atoms. The lowest BCUT2D eigenvalue weighted by molar-refractivity contribution is -0.117. The molecule has 0 aliphatic heterocycles. The third kappa shape index (κ3) is 6.86. The Bertz CT molecular complexity index is 857. The van der Waals surface area contributed by atoms with Gasteiger partial charge < -0.3 is 10.1 Å². The summed E-state index contributed by atoms with van der Waals surface area (Å²) in [7, 11) is 0. The van der Waals surface area contributed by atoms with Crippen LogP contribution in [-0.4, -0.2) is 18.6 Å². The second-order valence-electron chi connectivity index (χ2n) is 6.54. The molecule has 4 nitrogen and oxygen atoms in total. The van der Waals surface area contributed by atoms with Crippen LogP contribution in [-0.2, 0) is 11.2 Å². The molecule has 5 heteroatoms. The van der Waals surface area contributed by atoms with Gasteiger partial charge in [0, 0.05) is 6.54 Å². The molecular weight excluding hydrogens is 416 g/mol. The van der Waals surface area contributed by atoms with Crippen LogP contribution in [0.5, 0.6) is 5.75 Å². The van der Waals surface area contributed by atoms with Gasteiger partial charge in [0.15, 0.2) is 0 Å². The zero-order chi connectivity index (χ0) is 20.4. The van der Waals surface area contributed by atoms with Gasteiger partial charge in [-0.05, 0) is 71.5 Å². The number of aryl methyl sites for hydroxylation is 1. The van der Waals surface area contributed by atoms with Gasteiger partial charge in [-0.3, -0.25) is 4.79 Å². The predicted molar refractivity (Wildman–Crippen MR) is 116 cm³/mol. The van der Waals surface area contributed by atoms with Crippen molar-refractivity contribution in [3.63, 3.8) is 0 Å². The first-order valence-corrected chi connectivity index (χ1v) is 10.2. The van der Waals surface area contributed by atoms with Gasteiger partial charge in [0.2, 0.25) is 0 Å². The number of hydrogen-bond acceptors (Lipinski definition) is 3. The molecule has 2 aromatic rings. The number of halogens is 1. The largest absolute Gasteiger partial charge is 0.490 e. The maximum absolute atomic E-state index is 12.3. The molecule has 0 spiro atoms. The molecule has 2 aromatic carbocycles. The Hall–Kier alpha value is -2.58. The van der Waals surface area contributed by atoms with E-state index in [1.54, 1.807) is 6.08 Å². The highest BCUT2D eigenvalue weighted by Crippen LogP contribution is 2.28. The summed E-state index contributed by atoms with van der Waals surface area (Å²) in [5, 5.41) is 12.2. The number of nitrogens with one attached hydrogen (secondary N) is 1. The molecule has 0 aliphatic carbocycles. The van der Waals surface area contributed by atoms with Crippen molar-refractivity contribution in [1.29, 1.82) is 5.26 Å². The van der Waals surface area contributed by atoms with E-state index in [2.05, 4.69) is 40.3 Å². The minimum atomic E-state index is -0.355. The van der Waals surface area contributed by atoms with Crippen molar-refractivity contribution in [1.82, 2.24) is 5.32 Å². The van der Waals surface area contributed by atoms with E-state index in [1.165, 1.54) is 5.56 Å². The second kappa shape index (κ2) is 11.3. The minimum absolute atomic E-state index is 0.0854. The quantitative estimate of drug-likeness (QED) is 0.327. The average Bonchev–Trinajstić information content (AvgIpc) is 2.71. The molecule has 1 N–H and O–H groups in total. The monoisotopic (exact) mass is 440 g/mol. The van der Waals surface area contributed by atoms with Crippen molar-refractivity contribution >= 4 is 27.9 Å². The number of carbonyl (C=O) groups is 1. The molecule has 1 atom stereocenters. The van der Waals surface area contributed by atoms with Gasteiger partial charge in [-0.2, -0.15) is 5.26 Å². The molecule has 0 unspecified atom stereocenters. The first-order chi connectivity index (χ1) is 13.5. The van der Waals surface area contributed by atoms with E-state index < -0.39 is 0 Å². The van der Waals surface area contributed by atoms with Crippen LogP contribution >= 0.6 is 15.9 Å². The van der Waals surface area contributed by atoms with E-state index in [1.807, 2.05) is 49.4 Å². The van der Waals surface area contributed by atoms with Crippen LogP contribution in [0.2, 0.25) is 0 Å². The topological polar surface area (TPSA) is 62.1 Å². The fourth-order valence-electron chi connectivity index (χ4n) is 2.55. The van der Waals surface area contributed by atoms with Gasteiger partial charge in [0.05, 0.1) is 10.6 Å². The number of nitrogens with zero attached hydrogens (tertiary/aromatic N) is 1. The molecule has 0 bridgehead atoms. The smallest absolute Gasteiger partial charge is 0.261 e. The Labute approximate surface area is 175 Å². The summed E-state index contributed by atoms with van der Waals surface area (Å²) < 4.78 is 6.61. The van der Waals surface area contributed by atoms with Crippen molar-refractivity contribution in [2.24, 2.45) is 0 Å². The summed E-state index contributed by atoms with van der Waals surface area (Å²) in [5.74, 6) is 0.391. The molecular formula is C23H25BrN2O2. The number of rotatable bonds is 9. The Balaban J connectivity index is 1.93. The number of ether oxygens (including phenoxy) is 1. The fraction of sp³-hybridized carbons (Fsp3) is 0.304. The zero-order valence-electron chi connectivity index (χ0n) is 16.2. The Morgan fingerprint density at radius 2 is 2.04 bits per heavy atom. The normalized spacial score (nSPS) is 12.1. The van der Waals surface area contributed by atoms with Gasteiger partial charge in [-0.25, -0.2) is 0 Å². The van der Waals surface area contributed by atoms with Crippen LogP contribution in [0.4, 0.5) is 0 Å². The van der Waals surface area contributed by atoms with Gasteiger partial charge in [-0.15, -0.1) is 0 Å². The number of nitriles is 1. The van der Waals surface area contributed by atoms with Crippen LogP contribution in [0.25, 0.3) is 6.08 Å². The van der Waals surface area contributed by atoms with Crippen LogP contribution in [0.1, 0.15) is 37.8 Å². The lowest BCUT2D eigenvalue weighted by atomic mass is 10.1. The highest BCUT2D eigenvalue weighted by Gasteiger charge is 2.10. The standard InChI is InChI=1S/C23H25BrN2O2/c1-3-17(2)28-22-12-11-19(15-21(22)24)14-20(16-25)23(27)26-13-7-10-18-8-5-4-6-9-18/h4-6,8-9,11-12,14-15,17H,3,7,10,13H2,1-2H3,(H,26,27)/b20-14-/t17-/m0/s1. The lowest BCUT2D eigenvalue weighted by Gasteiger charge is -2.14. The fourth-order valence-corrected chi connectivity index (χ4v) is 3.04. The lowest BCUT2D eigenvalue weighted by Crippen LogP contribution is -2.25. The molecule has 0 saturated heterocycles. The summed E-state index contributed by atoms with van der Waals surface area (Å²) in [5.41, 5.74) is 2.08. The van der Waals surface area contributed by atoms with Crippen molar-refractivity contribution in [3.05, 3.63) is 69.7 Å². The van der Waals surface area contributed by atoms with Crippen molar-refractivity contribution in [2.75, 3.05) is 6.54 Å². The van der Waals surface area contributed by atoms with Crippen LogP contribution in [0.3, 0.4) is 0 Å². The summed E-state index contributed by atoms with van der Waals surface area (Å²) >= 11 is 3.49.